The molecule has 0 bridgehead atoms. The van der Waals surface area contributed by atoms with Crippen molar-refractivity contribution in [1.82, 2.24) is 14.5 Å². The van der Waals surface area contributed by atoms with Crippen LogP contribution in [-0.4, -0.2) is 32.9 Å². The molecule has 1 atom stereocenters. The molecule has 0 aliphatic carbocycles. The van der Waals surface area contributed by atoms with E-state index in [1.165, 1.54) is 57.8 Å². The Balaban J connectivity index is 1.87. The van der Waals surface area contributed by atoms with E-state index in [0.29, 0.717) is 29.6 Å². The first-order valence-corrected chi connectivity index (χ1v) is 14.6. The van der Waals surface area contributed by atoms with Crippen LogP contribution in [-0.2, 0) is 24.3 Å². The molecule has 7 heteroatoms. The summed E-state index contributed by atoms with van der Waals surface area (Å²) < 4.78 is 2.22. The van der Waals surface area contributed by atoms with Crippen LogP contribution in [0.15, 0.2) is 30.7 Å². The first-order chi connectivity index (χ1) is 17.3. The van der Waals surface area contributed by atoms with Crippen molar-refractivity contribution >= 4 is 29.1 Å². The van der Waals surface area contributed by atoms with Gasteiger partial charge < -0.3 is 15.2 Å². The quantitative estimate of drug-likeness (QED) is 0.199. The molecule has 5 nitrogen and oxygen atoms in total. The fraction of sp³-hybridized carbons (Fsp3) is 0.655. The number of benzene rings is 1. The average Bonchev–Trinajstić information content (AvgIpc) is 3.31. The van der Waals surface area contributed by atoms with Gasteiger partial charge in [-0.3, -0.25) is 4.79 Å². The van der Waals surface area contributed by atoms with Crippen LogP contribution >= 0.6 is 23.2 Å². The Bertz CT molecular complexity index is 899. The molecule has 0 saturated heterocycles. The molecular weight excluding hydrogens is 491 g/mol. The van der Waals surface area contributed by atoms with E-state index in [2.05, 4.69) is 16.5 Å². The van der Waals surface area contributed by atoms with E-state index in [9.17, 15) is 4.79 Å². The minimum Gasteiger partial charge on any atom is -0.337 e. The highest BCUT2D eigenvalue weighted by Crippen LogP contribution is 2.27. The van der Waals surface area contributed by atoms with Gasteiger partial charge in [0.05, 0.1) is 22.4 Å². The standard InChI is InChI=1S/C29H46Cl2N4O/c1-4-5-6-7-8-9-10-11-12-13-18-35-22-33-20-25(35)17-19-34(29(36)28(32)23(2)3)21-24-15-14-16-26(30)27(24)31/h14-16,20,22-23,28H,4-13,17-19,21,32H2,1-3H3/t28-/m0/s1. The minimum atomic E-state index is -0.556. The van der Waals surface area contributed by atoms with E-state index in [1.54, 1.807) is 11.0 Å². The Morgan fingerprint density at radius 1 is 1.03 bits per heavy atom. The first kappa shape index (κ1) is 30.7. The molecule has 0 fully saturated rings. The maximum Gasteiger partial charge on any atom is 0.240 e. The number of carbonyl (C=O) groups excluding carboxylic acids is 1. The van der Waals surface area contributed by atoms with E-state index >= 15 is 0 Å². The number of hydrogen-bond donors (Lipinski definition) is 1. The van der Waals surface area contributed by atoms with Gasteiger partial charge in [0.15, 0.2) is 0 Å². The molecule has 36 heavy (non-hydrogen) atoms. The van der Waals surface area contributed by atoms with Crippen molar-refractivity contribution in [3.05, 3.63) is 52.0 Å². The maximum absolute atomic E-state index is 13.2. The van der Waals surface area contributed by atoms with E-state index in [1.807, 2.05) is 38.5 Å². The summed E-state index contributed by atoms with van der Waals surface area (Å²) in [5.74, 6) is -0.0153. The molecule has 0 saturated carbocycles. The van der Waals surface area contributed by atoms with Crippen LogP contribution in [0.4, 0.5) is 0 Å². The SMILES string of the molecule is CCCCCCCCCCCCn1cncc1CCN(Cc1cccc(Cl)c1Cl)C(=O)[C@@H](N)C(C)C. The topological polar surface area (TPSA) is 64.2 Å². The number of aromatic nitrogens is 2. The average molecular weight is 538 g/mol. The molecule has 1 aromatic heterocycles. The van der Waals surface area contributed by atoms with Gasteiger partial charge in [-0.2, -0.15) is 0 Å². The van der Waals surface area contributed by atoms with Crippen LogP contribution in [0.5, 0.6) is 0 Å². The van der Waals surface area contributed by atoms with Gasteiger partial charge in [0, 0.05) is 37.9 Å². The van der Waals surface area contributed by atoms with E-state index in [0.717, 1.165) is 24.2 Å². The van der Waals surface area contributed by atoms with Gasteiger partial charge in [0.1, 0.15) is 0 Å². The Morgan fingerprint density at radius 3 is 2.31 bits per heavy atom. The van der Waals surface area contributed by atoms with E-state index < -0.39 is 6.04 Å². The summed E-state index contributed by atoms with van der Waals surface area (Å²) in [4.78, 5) is 19.4. The summed E-state index contributed by atoms with van der Waals surface area (Å²) in [5, 5.41) is 0.977. The van der Waals surface area contributed by atoms with Crippen LogP contribution in [0.2, 0.25) is 10.0 Å². The maximum atomic E-state index is 13.2. The summed E-state index contributed by atoms with van der Waals surface area (Å²) >= 11 is 12.6. The number of imidazole rings is 1. The van der Waals surface area contributed by atoms with Gasteiger partial charge in [-0.1, -0.05) is 114 Å². The van der Waals surface area contributed by atoms with Gasteiger partial charge in [-0.25, -0.2) is 4.98 Å². The first-order valence-electron chi connectivity index (χ1n) is 13.8. The highest BCUT2D eigenvalue weighted by Gasteiger charge is 2.24. The molecule has 0 unspecified atom stereocenters. The lowest BCUT2D eigenvalue weighted by molar-refractivity contribution is -0.134. The number of amides is 1. The monoisotopic (exact) mass is 536 g/mol. The lowest BCUT2D eigenvalue weighted by Gasteiger charge is -2.28. The van der Waals surface area contributed by atoms with Crippen LogP contribution in [0.25, 0.3) is 0 Å². The number of nitrogens with zero attached hydrogens (tertiary/aromatic N) is 3. The third-order valence-corrected chi connectivity index (χ3v) is 7.75. The number of hydrogen-bond acceptors (Lipinski definition) is 3. The van der Waals surface area contributed by atoms with Crippen molar-refractivity contribution < 1.29 is 4.79 Å². The summed E-state index contributed by atoms with van der Waals surface area (Å²) in [6.45, 7) is 8.09. The molecule has 0 aliphatic rings. The van der Waals surface area contributed by atoms with Crippen molar-refractivity contribution in [1.29, 1.82) is 0 Å². The second-order valence-electron chi connectivity index (χ2n) is 10.3. The third kappa shape index (κ3) is 10.4. The summed E-state index contributed by atoms with van der Waals surface area (Å²) in [6, 6.07) is 4.96. The Kier molecular flexibility index (Phi) is 14.5. The van der Waals surface area contributed by atoms with Gasteiger partial charge in [-0.15, -0.1) is 0 Å². The lowest BCUT2D eigenvalue weighted by atomic mass is 10.0. The second-order valence-corrected chi connectivity index (χ2v) is 11.0. The zero-order valence-electron chi connectivity index (χ0n) is 22.5. The highest BCUT2D eigenvalue weighted by molar-refractivity contribution is 6.42. The smallest absolute Gasteiger partial charge is 0.240 e. The van der Waals surface area contributed by atoms with Gasteiger partial charge >= 0.3 is 0 Å². The second kappa shape index (κ2) is 17.0. The predicted octanol–water partition coefficient (Wildman–Crippen LogP) is 7.67. The molecule has 1 aromatic carbocycles. The van der Waals surface area contributed by atoms with Crippen molar-refractivity contribution in [3.63, 3.8) is 0 Å². The number of rotatable bonds is 18. The lowest BCUT2D eigenvalue weighted by Crippen LogP contribution is -2.47. The Labute approximate surface area is 228 Å². The van der Waals surface area contributed by atoms with Crippen LogP contribution < -0.4 is 5.73 Å². The number of halogens is 2. The fourth-order valence-electron chi connectivity index (χ4n) is 4.42. The van der Waals surface area contributed by atoms with Crippen molar-refractivity contribution in [3.8, 4) is 0 Å². The van der Waals surface area contributed by atoms with Crippen LogP contribution in [0, 0.1) is 5.92 Å². The zero-order valence-corrected chi connectivity index (χ0v) is 24.0. The summed E-state index contributed by atoms with van der Waals surface area (Å²) in [6.07, 6.45) is 17.8. The largest absolute Gasteiger partial charge is 0.337 e. The van der Waals surface area contributed by atoms with Gasteiger partial charge in [0.2, 0.25) is 5.91 Å². The van der Waals surface area contributed by atoms with Gasteiger partial charge in [0.25, 0.3) is 0 Å². The Morgan fingerprint density at radius 2 is 1.67 bits per heavy atom. The molecule has 202 valence electrons. The van der Waals surface area contributed by atoms with E-state index in [-0.39, 0.29) is 11.8 Å². The predicted molar refractivity (Wildman–Crippen MR) is 152 cm³/mol. The molecule has 1 heterocycles. The van der Waals surface area contributed by atoms with Crippen LogP contribution in [0.1, 0.15) is 96.2 Å². The zero-order chi connectivity index (χ0) is 26.3. The number of unbranched alkanes of at least 4 members (excludes halogenated alkanes) is 9. The summed E-state index contributed by atoms with van der Waals surface area (Å²) in [7, 11) is 0. The van der Waals surface area contributed by atoms with Crippen molar-refractivity contribution in [2.24, 2.45) is 11.7 Å². The number of nitrogens with two attached hydrogens (primary N) is 1. The number of aryl methyl sites for hydroxylation is 1. The molecule has 2 rings (SSSR count). The van der Waals surface area contributed by atoms with Crippen molar-refractivity contribution in [2.45, 2.75) is 111 Å². The number of carbonyl (C=O) groups is 1. The molecule has 2 N–H and O–H groups in total. The third-order valence-electron chi connectivity index (χ3n) is 6.90. The molecule has 0 aliphatic heterocycles. The minimum absolute atomic E-state index is 0.0525. The highest BCUT2D eigenvalue weighted by atomic mass is 35.5. The van der Waals surface area contributed by atoms with Crippen molar-refractivity contribution in [2.75, 3.05) is 6.54 Å². The van der Waals surface area contributed by atoms with Crippen LogP contribution in [0.3, 0.4) is 0 Å². The van der Waals surface area contributed by atoms with Gasteiger partial charge in [-0.05, 0) is 24.0 Å². The Hall–Kier alpha value is -1.56. The molecular formula is C29H46Cl2N4O. The molecule has 0 spiro atoms. The summed E-state index contributed by atoms with van der Waals surface area (Å²) in [5.41, 5.74) is 8.20. The fourth-order valence-corrected chi connectivity index (χ4v) is 4.80. The van der Waals surface area contributed by atoms with E-state index in [4.69, 9.17) is 28.9 Å². The normalized spacial score (nSPS) is 12.3. The molecule has 2 aromatic rings. The molecule has 0 radical (unpaired) electrons. The molecule has 1 amide bonds.